The number of rotatable bonds is 5. The fourth-order valence-electron chi connectivity index (χ4n) is 1.36. The smallest absolute Gasteiger partial charge is 0.390 e. The first kappa shape index (κ1) is 13.6. The predicted molar refractivity (Wildman–Crippen MR) is 59.8 cm³/mol. The van der Waals surface area contributed by atoms with Gasteiger partial charge >= 0.3 is 6.18 Å². The van der Waals surface area contributed by atoms with Crippen LogP contribution in [0.15, 0.2) is 18.2 Å². The second-order valence-corrected chi connectivity index (χ2v) is 3.61. The van der Waals surface area contributed by atoms with E-state index in [0.717, 1.165) is 5.56 Å². The molecule has 0 spiro atoms. The van der Waals surface area contributed by atoms with Gasteiger partial charge in [-0.05, 0) is 6.07 Å². The Balaban J connectivity index is 2.46. The zero-order chi connectivity index (χ0) is 12.9. The Morgan fingerprint density at radius 2 is 2.06 bits per heavy atom. The van der Waals surface area contributed by atoms with Gasteiger partial charge in [-0.25, -0.2) is 0 Å². The number of nitrogen functional groups attached to an aromatic ring is 1. The molecule has 96 valence electrons. The summed E-state index contributed by atoms with van der Waals surface area (Å²) in [4.78, 5) is 0. The number of benzene rings is 1. The summed E-state index contributed by atoms with van der Waals surface area (Å²) in [5.41, 5.74) is 6.90. The van der Waals surface area contributed by atoms with Gasteiger partial charge in [0.15, 0.2) is 0 Å². The fourth-order valence-corrected chi connectivity index (χ4v) is 1.36. The lowest BCUT2D eigenvalue weighted by atomic mass is 10.2. The van der Waals surface area contributed by atoms with Crippen molar-refractivity contribution in [2.24, 2.45) is 0 Å². The van der Waals surface area contributed by atoms with Crippen LogP contribution in [0.5, 0.6) is 5.75 Å². The number of nitrogens with one attached hydrogen (secondary N) is 1. The van der Waals surface area contributed by atoms with Crippen LogP contribution in [0, 0.1) is 0 Å². The molecule has 0 aromatic heterocycles. The van der Waals surface area contributed by atoms with E-state index in [1.165, 1.54) is 7.11 Å². The van der Waals surface area contributed by atoms with Gasteiger partial charge in [0.1, 0.15) is 5.75 Å². The highest BCUT2D eigenvalue weighted by Crippen LogP contribution is 2.22. The summed E-state index contributed by atoms with van der Waals surface area (Å²) in [6.07, 6.45) is -4.97. The minimum absolute atomic E-state index is 0.114. The number of methoxy groups -OCH3 is 1. The minimum Gasteiger partial charge on any atom is -0.496 e. The normalized spacial score (nSPS) is 11.5. The van der Waals surface area contributed by atoms with Crippen LogP contribution >= 0.6 is 0 Å². The first-order valence-corrected chi connectivity index (χ1v) is 5.12. The number of ether oxygens (including phenoxy) is 1. The van der Waals surface area contributed by atoms with Gasteiger partial charge in [0.2, 0.25) is 0 Å². The van der Waals surface area contributed by atoms with Crippen LogP contribution in [0.2, 0.25) is 0 Å². The third kappa shape index (κ3) is 4.95. The topological polar surface area (TPSA) is 47.3 Å². The number of halogens is 3. The van der Waals surface area contributed by atoms with E-state index in [0.29, 0.717) is 18.0 Å². The number of hydrogen-bond acceptors (Lipinski definition) is 3. The van der Waals surface area contributed by atoms with Crippen molar-refractivity contribution in [1.29, 1.82) is 0 Å². The van der Waals surface area contributed by atoms with Crippen LogP contribution < -0.4 is 15.8 Å². The largest absolute Gasteiger partial charge is 0.496 e. The van der Waals surface area contributed by atoms with Crippen LogP contribution in [0.1, 0.15) is 12.0 Å². The molecular formula is C11H15F3N2O. The molecule has 0 radical (unpaired) electrons. The van der Waals surface area contributed by atoms with E-state index in [1.54, 1.807) is 18.2 Å². The Bertz CT molecular complexity index is 366. The van der Waals surface area contributed by atoms with Crippen LogP contribution in [-0.2, 0) is 6.54 Å². The van der Waals surface area contributed by atoms with E-state index < -0.39 is 12.6 Å². The number of anilines is 1. The highest BCUT2D eigenvalue weighted by atomic mass is 19.4. The van der Waals surface area contributed by atoms with Crippen molar-refractivity contribution in [1.82, 2.24) is 5.32 Å². The first-order chi connectivity index (χ1) is 7.92. The van der Waals surface area contributed by atoms with Crippen LogP contribution in [0.3, 0.4) is 0 Å². The highest BCUT2D eigenvalue weighted by Gasteiger charge is 2.25. The molecule has 0 heterocycles. The molecule has 0 saturated carbocycles. The Kier molecular flexibility index (Phi) is 4.62. The molecule has 0 saturated heterocycles. The summed E-state index contributed by atoms with van der Waals surface area (Å²) in [6, 6.07) is 5.05. The van der Waals surface area contributed by atoms with Crippen molar-refractivity contribution < 1.29 is 17.9 Å². The summed E-state index contributed by atoms with van der Waals surface area (Å²) in [6.45, 7) is 0.205. The molecule has 0 bridgehead atoms. The molecule has 0 amide bonds. The maximum Gasteiger partial charge on any atom is 0.390 e. The Morgan fingerprint density at radius 1 is 1.35 bits per heavy atom. The summed E-state index contributed by atoms with van der Waals surface area (Å²) < 4.78 is 40.8. The van der Waals surface area contributed by atoms with Crippen molar-refractivity contribution in [3.8, 4) is 5.75 Å². The van der Waals surface area contributed by atoms with Gasteiger partial charge in [-0.2, -0.15) is 13.2 Å². The summed E-state index contributed by atoms with van der Waals surface area (Å²) in [5, 5.41) is 2.71. The number of nitrogens with two attached hydrogens (primary N) is 1. The first-order valence-electron chi connectivity index (χ1n) is 5.12. The summed E-state index contributed by atoms with van der Waals surface area (Å²) >= 11 is 0. The lowest BCUT2D eigenvalue weighted by Gasteiger charge is -2.11. The molecule has 3 nitrogen and oxygen atoms in total. The lowest BCUT2D eigenvalue weighted by molar-refractivity contribution is -0.133. The monoisotopic (exact) mass is 248 g/mol. The maximum atomic E-state index is 11.9. The van der Waals surface area contributed by atoms with Gasteiger partial charge in [0.25, 0.3) is 0 Å². The van der Waals surface area contributed by atoms with Crippen molar-refractivity contribution >= 4 is 5.69 Å². The fraction of sp³-hybridized carbons (Fsp3) is 0.455. The summed E-state index contributed by atoms with van der Waals surface area (Å²) in [5.74, 6) is 0.574. The highest BCUT2D eigenvalue weighted by molar-refractivity contribution is 5.48. The molecule has 0 aliphatic heterocycles. The maximum absolute atomic E-state index is 11.9. The molecule has 3 N–H and O–H groups in total. The Morgan fingerprint density at radius 3 is 2.65 bits per heavy atom. The third-order valence-electron chi connectivity index (χ3n) is 2.21. The van der Waals surface area contributed by atoms with Crippen LogP contribution in [0.25, 0.3) is 0 Å². The molecule has 0 fully saturated rings. The molecule has 6 heteroatoms. The standard InChI is InChI=1S/C11H15F3N2O/c1-17-10-6-9(15)3-2-8(10)7-16-5-4-11(12,13)14/h2-3,6,16H,4-5,7,15H2,1H3. The average Bonchev–Trinajstić information content (AvgIpc) is 2.24. The molecule has 17 heavy (non-hydrogen) atoms. The number of alkyl halides is 3. The van der Waals surface area contributed by atoms with Gasteiger partial charge in [0.05, 0.1) is 13.5 Å². The molecule has 0 unspecified atom stereocenters. The van der Waals surface area contributed by atoms with E-state index >= 15 is 0 Å². The average molecular weight is 248 g/mol. The molecule has 0 atom stereocenters. The van der Waals surface area contributed by atoms with Crippen LogP contribution in [0.4, 0.5) is 18.9 Å². The van der Waals surface area contributed by atoms with Gasteiger partial charge in [-0.15, -0.1) is 0 Å². The Labute approximate surface area is 97.8 Å². The van der Waals surface area contributed by atoms with Crippen molar-refractivity contribution in [2.75, 3.05) is 19.4 Å². The molecule has 1 rings (SSSR count). The molecule has 0 aliphatic carbocycles. The zero-order valence-corrected chi connectivity index (χ0v) is 9.47. The molecule has 1 aromatic carbocycles. The van der Waals surface area contributed by atoms with Crippen molar-refractivity contribution in [2.45, 2.75) is 19.1 Å². The minimum atomic E-state index is -4.13. The van der Waals surface area contributed by atoms with Crippen molar-refractivity contribution in [3.05, 3.63) is 23.8 Å². The quantitative estimate of drug-likeness (QED) is 0.621. The van der Waals surface area contributed by atoms with Gasteiger partial charge < -0.3 is 15.8 Å². The predicted octanol–water partition coefficient (Wildman–Crippen LogP) is 2.32. The lowest BCUT2D eigenvalue weighted by Crippen LogP contribution is -2.21. The van der Waals surface area contributed by atoms with E-state index in [9.17, 15) is 13.2 Å². The Hall–Kier alpha value is -1.43. The summed E-state index contributed by atoms with van der Waals surface area (Å²) in [7, 11) is 1.49. The van der Waals surface area contributed by atoms with Gasteiger partial charge in [-0.3, -0.25) is 0 Å². The zero-order valence-electron chi connectivity index (χ0n) is 9.47. The van der Waals surface area contributed by atoms with E-state index in [2.05, 4.69) is 5.32 Å². The van der Waals surface area contributed by atoms with E-state index in [4.69, 9.17) is 10.5 Å². The van der Waals surface area contributed by atoms with Gasteiger partial charge in [0, 0.05) is 30.4 Å². The second-order valence-electron chi connectivity index (χ2n) is 3.61. The van der Waals surface area contributed by atoms with E-state index in [1.807, 2.05) is 0 Å². The third-order valence-corrected chi connectivity index (χ3v) is 2.21. The SMILES string of the molecule is COc1cc(N)ccc1CNCCC(F)(F)F. The van der Waals surface area contributed by atoms with E-state index in [-0.39, 0.29) is 6.54 Å². The van der Waals surface area contributed by atoms with Gasteiger partial charge in [-0.1, -0.05) is 6.07 Å². The van der Waals surface area contributed by atoms with Crippen LogP contribution in [-0.4, -0.2) is 19.8 Å². The van der Waals surface area contributed by atoms with Crippen molar-refractivity contribution in [3.63, 3.8) is 0 Å². The molecular weight excluding hydrogens is 233 g/mol. The molecule has 0 aliphatic rings. The molecule has 1 aromatic rings. The second kappa shape index (κ2) is 5.77. The number of hydrogen-bond donors (Lipinski definition) is 2.